The second-order valence-electron chi connectivity index (χ2n) is 5.75. The summed E-state index contributed by atoms with van der Waals surface area (Å²) in [7, 11) is 0. The first kappa shape index (κ1) is 14.4. The zero-order valence-corrected chi connectivity index (χ0v) is 12.9. The lowest BCUT2D eigenvalue weighted by molar-refractivity contribution is 0.291. The van der Waals surface area contributed by atoms with Crippen molar-refractivity contribution in [3.8, 4) is 17.1 Å². The van der Waals surface area contributed by atoms with Crippen molar-refractivity contribution in [3.63, 3.8) is 0 Å². The van der Waals surface area contributed by atoms with Gasteiger partial charge >= 0.3 is 0 Å². The highest BCUT2D eigenvalue weighted by Gasteiger charge is 2.12. The monoisotopic (exact) mass is 296 g/mol. The third-order valence-corrected chi connectivity index (χ3v) is 3.50. The van der Waals surface area contributed by atoms with Crippen LogP contribution < -0.4 is 10.5 Å². The summed E-state index contributed by atoms with van der Waals surface area (Å²) < 4.78 is 7.79. The number of pyridine rings is 1. The van der Waals surface area contributed by atoms with Crippen molar-refractivity contribution in [2.75, 3.05) is 12.3 Å². The maximum absolute atomic E-state index is 5.86. The highest BCUT2D eigenvalue weighted by Crippen LogP contribution is 2.25. The number of nitrogens with two attached hydrogens (primary N) is 1. The lowest BCUT2D eigenvalue weighted by atomic mass is 10.1. The van der Waals surface area contributed by atoms with Crippen molar-refractivity contribution in [2.24, 2.45) is 5.92 Å². The Hall–Kier alpha value is -2.56. The molecule has 0 atom stereocenters. The quantitative estimate of drug-likeness (QED) is 0.733. The van der Waals surface area contributed by atoms with Crippen molar-refractivity contribution >= 4 is 11.3 Å². The Morgan fingerprint density at radius 2 is 2.05 bits per heavy atom. The third kappa shape index (κ3) is 2.88. The van der Waals surface area contributed by atoms with Crippen LogP contribution in [0, 0.1) is 5.92 Å². The normalized spacial score (nSPS) is 11.2. The second kappa shape index (κ2) is 6.05. The molecule has 0 fully saturated rings. The minimum absolute atomic E-state index is 0.612. The van der Waals surface area contributed by atoms with Crippen LogP contribution in [0.2, 0.25) is 0 Å². The molecule has 0 aliphatic rings. The number of fused-ring (bicyclic) bond motifs is 1. The van der Waals surface area contributed by atoms with Crippen molar-refractivity contribution < 1.29 is 4.74 Å². The van der Waals surface area contributed by atoms with Crippen LogP contribution in [0.5, 0.6) is 5.75 Å². The van der Waals surface area contributed by atoms with Gasteiger partial charge in [-0.05, 0) is 36.6 Å². The summed E-state index contributed by atoms with van der Waals surface area (Å²) in [6.07, 6.45) is 2.94. The third-order valence-electron chi connectivity index (χ3n) is 3.50. The molecular formula is C17H20N4O. The fourth-order valence-electron chi connectivity index (χ4n) is 2.28. The lowest BCUT2D eigenvalue weighted by Gasteiger charge is -2.09. The Labute approximate surface area is 129 Å². The molecule has 2 heterocycles. The van der Waals surface area contributed by atoms with Gasteiger partial charge in [-0.25, -0.2) is 0 Å². The van der Waals surface area contributed by atoms with E-state index >= 15 is 0 Å². The molecule has 3 rings (SSSR count). The van der Waals surface area contributed by atoms with Crippen LogP contribution in [0.15, 0.2) is 42.6 Å². The molecule has 22 heavy (non-hydrogen) atoms. The van der Waals surface area contributed by atoms with E-state index in [1.54, 1.807) is 0 Å². The number of benzene rings is 1. The minimum Gasteiger partial charge on any atom is -0.490 e. The first-order chi connectivity index (χ1) is 10.6. The summed E-state index contributed by atoms with van der Waals surface area (Å²) in [6, 6.07) is 11.5. The van der Waals surface area contributed by atoms with Gasteiger partial charge in [-0.3, -0.25) is 4.40 Å². The van der Waals surface area contributed by atoms with Crippen molar-refractivity contribution in [1.82, 2.24) is 14.6 Å². The Balaban J connectivity index is 1.95. The first-order valence-corrected chi connectivity index (χ1v) is 7.47. The van der Waals surface area contributed by atoms with Gasteiger partial charge in [0, 0.05) is 17.4 Å². The number of ether oxygens (including phenoxy) is 1. The van der Waals surface area contributed by atoms with Crippen molar-refractivity contribution in [2.45, 2.75) is 20.3 Å². The molecule has 0 saturated carbocycles. The summed E-state index contributed by atoms with van der Waals surface area (Å²) >= 11 is 0. The van der Waals surface area contributed by atoms with Crippen LogP contribution in [-0.2, 0) is 0 Å². The molecule has 5 nitrogen and oxygen atoms in total. The molecule has 0 saturated heterocycles. The molecule has 1 aromatic carbocycles. The molecule has 5 heteroatoms. The van der Waals surface area contributed by atoms with Gasteiger partial charge in [0.05, 0.1) is 6.61 Å². The van der Waals surface area contributed by atoms with E-state index in [2.05, 4.69) is 24.0 Å². The highest BCUT2D eigenvalue weighted by molar-refractivity contribution is 5.66. The Kier molecular flexibility index (Phi) is 3.96. The molecule has 0 unspecified atom stereocenters. The number of rotatable bonds is 5. The molecule has 114 valence electrons. The van der Waals surface area contributed by atoms with E-state index in [9.17, 15) is 0 Å². The fraction of sp³-hybridized carbons (Fsp3) is 0.294. The summed E-state index contributed by atoms with van der Waals surface area (Å²) in [5.74, 6) is 2.13. The summed E-state index contributed by atoms with van der Waals surface area (Å²) in [6.45, 7) is 5.04. The van der Waals surface area contributed by atoms with E-state index in [1.165, 1.54) is 0 Å². The highest BCUT2D eigenvalue weighted by atomic mass is 16.5. The van der Waals surface area contributed by atoms with E-state index < -0.39 is 0 Å². The summed E-state index contributed by atoms with van der Waals surface area (Å²) in [5.41, 5.74) is 8.22. The van der Waals surface area contributed by atoms with Crippen LogP contribution in [0.4, 0.5) is 5.69 Å². The molecule has 0 radical (unpaired) electrons. The van der Waals surface area contributed by atoms with Crippen LogP contribution in [-0.4, -0.2) is 21.2 Å². The average Bonchev–Trinajstić information content (AvgIpc) is 2.92. The summed E-state index contributed by atoms with van der Waals surface area (Å²) in [4.78, 5) is 0. The molecule has 0 spiro atoms. The molecule has 0 aliphatic carbocycles. The maximum atomic E-state index is 5.86. The van der Waals surface area contributed by atoms with Gasteiger partial charge in [0.2, 0.25) is 5.65 Å². The Morgan fingerprint density at radius 1 is 1.18 bits per heavy atom. The zero-order valence-electron chi connectivity index (χ0n) is 12.9. The van der Waals surface area contributed by atoms with E-state index in [0.29, 0.717) is 18.2 Å². The van der Waals surface area contributed by atoms with Gasteiger partial charge < -0.3 is 10.5 Å². The Bertz CT molecular complexity index is 779. The van der Waals surface area contributed by atoms with E-state index in [0.717, 1.165) is 29.2 Å². The maximum Gasteiger partial charge on any atom is 0.203 e. The number of nitrogens with zero attached hydrogens (tertiary/aromatic N) is 3. The standard InChI is InChI=1S/C17H20N4O/c1-12(2)8-10-22-15-7-4-9-21-16(19-20-17(15)21)13-5-3-6-14(18)11-13/h3-7,9,11-12H,8,10,18H2,1-2H3. The number of anilines is 1. The van der Waals surface area contributed by atoms with E-state index in [4.69, 9.17) is 10.5 Å². The van der Waals surface area contributed by atoms with Crippen molar-refractivity contribution in [3.05, 3.63) is 42.6 Å². The molecule has 3 aromatic rings. The second-order valence-corrected chi connectivity index (χ2v) is 5.75. The van der Waals surface area contributed by atoms with Gasteiger partial charge in [0.25, 0.3) is 0 Å². The average molecular weight is 296 g/mol. The molecule has 2 aromatic heterocycles. The fourth-order valence-corrected chi connectivity index (χ4v) is 2.28. The Morgan fingerprint density at radius 3 is 2.82 bits per heavy atom. The van der Waals surface area contributed by atoms with Gasteiger partial charge in [0.1, 0.15) is 0 Å². The number of hydrogen-bond acceptors (Lipinski definition) is 4. The number of hydrogen-bond donors (Lipinski definition) is 1. The van der Waals surface area contributed by atoms with Gasteiger partial charge in [-0.2, -0.15) is 0 Å². The summed E-state index contributed by atoms with van der Waals surface area (Å²) in [5, 5.41) is 8.56. The zero-order chi connectivity index (χ0) is 15.5. The largest absolute Gasteiger partial charge is 0.490 e. The van der Waals surface area contributed by atoms with E-state index in [-0.39, 0.29) is 0 Å². The van der Waals surface area contributed by atoms with E-state index in [1.807, 2.05) is 47.0 Å². The smallest absolute Gasteiger partial charge is 0.203 e. The van der Waals surface area contributed by atoms with Crippen LogP contribution in [0.3, 0.4) is 0 Å². The topological polar surface area (TPSA) is 65.4 Å². The van der Waals surface area contributed by atoms with Crippen LogP contribution in [0.1, 0.15) is 20.3 Å². The minimum atomic E-state index is 0.612. The first-order valence-electron chi connectivity index (χ1n) is 7.47. The number of aromatic nitrogens is 3. The lowest BCUT2D eigenvalue weighted by Crippen LogP contribution is -2.02. The van der Waals surface area contributed by atoms with Crippen LogP contribution in [0.25, 0.3) is 17.0 Å². The predicted octanol–water partition coefficient (Wildman–Crippen LogP) is 3.40. The predicted molar refractivity (Wildman–Crippen MR) is 87.8 cm³/mol. The molecule has 2 N–H and O–H groups in total. The van der Waals surface area contributed by atoms with Gasteiger partial charge in [-0.15, -0.1) is 10.2 Å². The molecule has 0 amide bonds. The molecule has 0 aliphatic heterocycles. The van der Waals surface area contributed by atoms with Gasteiger partial charge in [0.15, 0.2) is 11.6 Å². The number of nitrogen functional groups attached to an aromatic ring is 1. The molecule has 0 bridgehead atoms. The SMILES string of the molecule is CC(C)CCOc1cccn2c(-c3cccc(N)c3)nnc12. The van der Waals surface area contributed by atoms with Crippen molar-refractivity contribution in [1.29, 1.82) is 0 Å². The molecular weight excluding hydrogens is 276 g/mol. The van der Waals surface area contributed by atoms with Gasteiger partial charge in [-0.1, -0.05) is 26.0 Å². The van der Waals surface area contributed by atoms with Crippen LogP contribution >= 0.6 is 0 Å².